The second-order valence-electron chi connectivity index (χ2n) is 7.14. The molecule has 5 heterocycles. The van der Waals surface area contributed by atoms with Crippen LogP contribution >= 0.6 is 22.7 Å². The van der Waals surface area contributed by atoms with Gasteiger partial charge < -0.3 is 9.73 Å². The number of nitrogens with one attached hydrogen (secondary N) is 1. The first kappa shape index (κ1) is 19.7. The van der Waals surface area contributed by atoms with E-state index in [-0.39, 0.29) is 5.91 Å². The molecule has 0 spiro atoms. The van der Waals surface area contributed by atoms with E-state index in [1.54, 1.807) is 45.8 Å². The second-order valence-corrected chi connectivity index (χ2v) is 9.37. The molecule has 0 unspecified atom stereocenters. The Bertz CT molecular complexity index is 1390. The molecule has 0 radical (unpaired) electrons. The Labute approximate surface area is 186 Å². The van der Waals surface area contributed by atoms with Crippen LogP contribution in [0, 0.1) is 13.8 Å². The third-order valence-corrected chi connectivity index (χ3v) is 6.82. The molecule has 0 aliphatic carbocycles. The number of aromatic nitrogens is 4. The van der Waals surface area contributed by atoms with Gasteiger partial charge in [-0.25, -0.2) is 9.97 Å². The first-order valence-electron chi connectivity index (χ1n) is 9.67. The number of thiophene rings is 1. The molecule has 1 N–H and O–H groups in total. The average molecular weight is 450 g/mol. The Morgan fingerprint density at radius 2 is 2.06 bits per heavy atom. The van der Waals surface area contributed by atoms with Crippen LogP contribution in [-0.2, 0) is 13.6 Å². The molecule has 5 aromatic rings. The number of amides is 1. The van der Waals surface area contributed by atoms with E-state index in [4.69, 9.17) is 4.42 Å². The van der Waals surface area contributed by atoms with Crippen LogP contribution < -0.4 is 5.32 Å². The summed E-state index contributed by atoms with van der Waals surface area (Å²) in [6.07, 6.45) is 1.59. The summed E-state index contributed by atoms with van der Waals surface area (Å²) in [4.78, 5) is 24.5. The molecule has 9 heteroatoms. The van der Waals surface area contributed by atoms with Gasteiger partial charge in [-0.1, -0.05) is 0 Å². The van der Waals surface area contributed by atoms with Gasteiger partial charge in [0, 0.05) is 17.3 Å². The summed E-state index contributed by atoms with van der Waals surface area (Å²) in [5, 5.41) is 11.3. The van der Waals surface area contributed by atoms with Gasteiger partial charge in [-0.3, -0.25) is 9.48 Å². The van der Waals surface area contributed by atoms with Gasteiger partial charge in [0.25, 0.3) is 5.91 Å². The Kier molecular flexibility index (Phi) is 4.91. The average Bonchev–Trinajstić information content (AvgIpc) is 3.54. The molecule has 0 saturated heterocycles. The van der Waals surface area contributed by atoms with Crippen molar-refractivity contribution in [3.63, 3.8) is 0 Å². The number of furan rings is 1. The third-order valence-electron chi connectivity index (χ3n) is 4.94. The number of thiazole rings is 1. The largest absolute Gasteiger partial charge is 0.463 e. The van der Waals surface area contributed by atoms with E-state index >= 15 is 0 Å². The highest BCUT2D eigenvalue weighted by molar-refractivity contribution is 7.16. The number of carbonyl (C=O) groups is 1. The maximum atomic E-state index is 13.2. The summed E-state index contributed by atoms with van der Waals surface area (Å²) in [6.45, 7) is 4.32. The molecular weight excluding hydrogens is 430 g/mol. The monoisotopic (exact) mass is 449 g/mol. The molecule has 0 aliphatic heterocycles. The van der Waals surface area contributed by atoms with Gasteiger partial charge in [-0.05, 0) is 44.2 Å². The van der Waals surface area contributed by atoms with Gasteiger partial charge in [-0.2, -0.15) is 5.10 Å². The number of rotatable bonds is 5. The molecule has 0 saturated carbocycles. The van der Waals surface area contributed by atoms with Crippen molar-refractivity contribution in [2.24, 2.45) is 7.05 Å². The number of hydrogen-bond acceptors (Lipinski definition) is 7. The third kappa shape index (κ3) is 3.66. The van der Waals surface area contributed by atoms with Crippen LogP contribution in [0.1, 0.15) is 25.9 Å². The molecule has 156 valence electrons. The van der Waals surface area contributed by atoms with Crippen LogP contribution in [-0.4, -0.2) is 25.7 Å². The summed E-state index contributed by atoms with van der Waals surface area (Å²) in [5.74, 6) is 0.437. The predicted octanol–water partition coefficient (Wildman–Crippen LogP) is 4.96. The van der Waals surface area contributed by atoms with E-state index in [1.165, 1.54) is 0 Å². The van der Waals surface area contributed by atoms with E-state index in [0.717, 1.165) is 31.5 Å². The standard InChI is InChI=1S/C22H19N5O2S2/c1-12-20-15(9-16(18-5-4-8-29-18)25-21(20)27(3)26-12)22(28)23-10-14-6-7-19(31-14)17-11-30-13(2)24-17/h4-9,11H,10H2,1-3H3,(H,23,28). The number of carbonyl (C=O) groups excluding carboxylic acids is 1. The van der Waals surface area contributed by atoms with Crippen molar-refractivity contribution in [3.05, 3.63) is 63.1 Å². The minimum atomic E-state index is -0.171. The molecule has 5 aromatic heterocycles. The lowest BCUT2D eigenvalue weighted by atomic mass is 10.1. The van der Waals surface area contributed by atoms with Crippen molar-refractivity contribution in [1.82, 2.24) is 25.1 Å². The van der Waals surface area contributed by atoms with Gasteiger partial charge >= 0.3 is 0 Å². The van der Waals surface area contributed by atoms with Crippen molar-refractivity contribution < 1.29 is 9.21 Å². The molecule has 0 aromatic carbocycles. The van der Waals surface area contributed by atoms with Crippen LogP contribution in [0.3, 0.4) is 0 Å². The maximum absolute atomic E-state index is 13.2. The van der Waals surface area contributed by atoms with Crippen molar-refractivity contribution in [2.75, 3.05) is 0 Å². The van der Waals surface area contributed by atoms with E-state index in [9.17, 15) is 4.79 Å². The maximum Gasteiger partial charge on any atom is 0.252 e. The first-order chi connectivity index (χ1) is 15.0. The summed E-state index contributed by atoms with van der Waals surface area (Å²) in [6, 6.07) is 9.47. The Hall–Kier alpha value is -3.30. The zero-order valence-corrected chi connectivity index (χ0v) is 18.8. The lowest BCUT2D eigenvalue weighted by Crippen LogP contribution is -2.23. The van der Waals surface area contributed by atoms with E-state index < -0.39 is 0 Å². The van der Waals surface area contributed by atoms with E-state index in [1.807, 2.05) is 39.1 Å². The van der Waals surface area contributed by atoms with Crippen LogP contribution in [0.4, 0.5) is 0 Å². The van der Waals surface area contributed by atoms with Gasteiger partial charge in [0.15, 0.2) is 11.4 Å². The Morgan fingerprint density at radius 3 is 2.81 bits per heavy atom. The highest BCUT2D eigenvalue weighted by Crippen LogP contribution is 2.30. The van der Waals surface area contributed by atoms with Crippen LogP contribution in [0.2, 0.25) is 0 Å². The summed E-state index contributed by atoms with van der Waals surface area (Å²) in [7, 11) is 1.82. The lowest BCUT2D eigenvalue weighted by Gasteiger charge is -2.08. The van der Waals surface area contributed by atoms with Crippen LogP contribution in [0.15, 0.2) is 46.4 Å². The van der Waals surface area contributed by atoms with Gasteiger partial charge in [-0.15, -0.1) is 22.7 Å². The normalized spacial score (nSPS) is 11.3. The minimum absolute atomic E-state index is 0.171. The highest BCUT2D eigenvalue weighted by Gasteiger charge is 2.20. The van der Waals surface area contributed by atoms with Crippen molar-refractivity contribution >= 4 is 39.6 Å². The first-order valence-corrected chi connectivity index (χ1v) is 11.4. The number of pyridine rings is 1. The smallest absolute Gasteiger partial charge is 0.252 e. The minimum Gasteiger partial charge on any atom is -0.463 e. The Morgan fingerprint density at radius 1 is 1.19 bits per heavy atom. The van der Waals surface area contributed by atoms with Gasteiger partial charge in [0.1, 0.15) is 5.69 Å². The molecule has 1 amide bonds. The quantitative estimate of drug-likeness (QED) is 0.410. The summed E-state index contributed by atoms with van der Waals surface area (Å²) >= 11 is 3.27. The Balaban J connectivity index is 1.44. The zero-order chi connectivity index (χ0) is 21.5. The molecule has 7 nitrogen and oxygen atoms in total. The van der Waals surface area contributed by atoms with E-state index in [2.05, 4.69) is 25.8 Å². The molecule has 5 rings (SSSR count). The number of aryl methyl sites for hydroxylation is 3. The second kappa shape index (κ2) is 7.75. The topological polar surface area (TPSA) is 85.8 Å². The fourth-order valence-corrected chi connectivity index (χ4v) is 5.12. The fraction of sp³-hybridized carbons (Fsp3) is 0.182. The highest BCUT2D eigenvalue weighted by atomic mass is 32.1. The number of nitrogens with zero attached hydrogens (tertiary/aromatic N) is 4. The molecule has 31 heavy (non-hydrogen) atoms. The van der Waals surface area contributed by atoms with Crippen molar-refractivity contribution in [1.29, 1.82) is 0 Å². The molecule has 0 atom stereocenters. The van der Waals surface area contributed by atoms with Gasteiger partial charge in [0.2, 0.25) is 0 Å². The summed E-state index contributed by atoms with van der Waals surface area (Å²) < 4.78 is 7.19. The summed E-state index contributed by atoms with van der Waals surface area (Å²) in [5.41, 5.74) is 3.53. The van der Waals surface area contributed by atoms with Crippen LogP contribution in [0.5, 0.6) is 0 Å². The molecule has 0 bridgehead atoms. The SMILES string of the molecule is Cc1nc(-c2ccc(CNC(=O)c3cc(-c4ccco4)nc4c3c(C)nn4C)s2)cs1. The fourth-order valence-electron chi connectivity index (χ4n) is 3.52. The zero-order valence-electron chi connectivity index (χ0n) is 17.2. The van der Waals surface area contributed by atoms with Crippen molar-refractivity contribution in [3.8, 4) is 22.0 Å². The predicted molar refractivity (Wildman–Crippen MR) is 122 cm³/mol. The van der Waals surface area contributed by atoms with Crippen molar-refractivity contribution in [2.45, 2.75) is 20.4 Å². The lowest BCUT2D eigenvalue weighted by molar-refractivity contribution is 0.0953. The van der Waals surface area contributed by atoms with Gasteiger partial charge in [0.05, 0.1) is 45.0 Å². The van der Waals surface area contributed by atoms with E-state index in [0.29, 0.717) is 29.2 Å². The number of hydrogen-bond donors (Lipinski definition) is 1. The molecular formula is C22H19N5O2S2. The molecule has 0 fully saturated rings. The number of fused-ring (bicyclic) bond motifs is 1. The van der Waals surface area contributed by atoms with Crippen LogP contribution in [0.25, 0.3) is 33.1 Å². The molecule has 0 aliphatic rings.